The first kappa shape index (κ1) is 22.0. The van der Waals surface area contributed by atoms with E-state index < -0.39 is 18.1 Å². The summed E-state index contributed by atoms with van der Waals surface area (Å²) >= 11 is 6.31. The van der Waals surface area contributed by atoms with Crippen molar-refractivity contribution >= 4 is 34.6 Å². The third kappa shape index (κ3) is 3.90. The number of alkyl carbamates (subject to hydrolysis) is 1. The minimum Gasteiger partial charge on any atom is -0.480 e. The minimum atomic E-state index is -1.14. The average Bonchev–Trinajstić information content (AvgIpc) is 3.32. The van der Waals surface area contributed by atoms with Crippen LogP contribution in [-0.2, 0) is 23.0 Å². The largest absolute Gasteiger partial charge is 0.480 e. The molecular formula is C27H23ClN2O4. The zero-order valence-electron chi connectivity index (χ0n) is 18.5. The highest BCUT2D eigenvalue weighted by Crippen LogP contribution is 2.44. The SMILES string of the molecule is Cn1cc(CC(NC(=O)OCC2c3ccccc3-c3ccccc32)C(=O)O)c2cccc(Cl)c21. The summed E-state index contributed by atoms with van der Waals surface area (Å²) in [7, 11) is 1.85. The maximum atomic E-state index is 12.6. The number of benzene rings is 3. The van der Waals surface area contributed by atoms with Crippen LogP contribution in [0.2, 0.25) is 5.02 Å². The van der Waals surface area contributed by atoms with Crippen molar-refractivity contribution in [2.24, 2.45) is 7.05 Å². The van der Waals surface area contributed by atoms with Crippen molar-refractivity contribution in [1.29, 1.82) is 0 Å². The second-order valence-electron chi connectivity index (χ2n) is 8.47. The molecule has 1 heterocycles. The number of para-hydroxylation sites is 1. The molecule has 0 radical (unpaired) electrons. The van der Waals surface area contributed by atoms with E-state index in [9.17, 15) is 14.7 Å². The summed E-state index contributed by atoms with van der Waals surface area (Å²) in [5.74, 6) is -1.23. The standard InChI is InChI=1S/C27H23ClN2O4/c1-30-14-16(17-11-6-12-23(28)25(17)30)13-24(26(31)32)29-27(33)34-15-22-20-9-4-2-7-18(20)19-8-3-5-10-21(19)22/h2-12,14,22,24H,13,15H2,1H3,(H,29,33)(H,31,32). The number of nitrogens with zero attached hydrogens (tertiary/aromatic N) is 1. The Morgan fingerprint density at radius 2 is 1.68 bits per heavy atom. The Balaban J connectivity index is 1.30. The first-order chi connectivity index (χ1) is 16.4. The summed E-state index contributed by atoms with van der Waals surface area (Å²) in [4.78, 5) is 24.6. The Labute approximate surface area is 201 Å². The fraction of sp³-hybridized carbons (Fsp3) is 0.185. The van der Waals surface area contributed by atoms with Crippen LogP contribution >= 0.6 is 11.6 Å². The predicted octanol–water partition coefficient (Wildman–Crippen LogP) is 5.37. The Hall–Kier alpha value is -3.77. The predicted molar refractivity (Wildman–Crippen MR) is 131 cm³/mol. The molecule has 1 amide bonds. The van der Waals surface area contributed by atoms with Gasteiger partial charge in [0.1, 0.15) is 12.6 Å². The van der Waals surface area contributed by atoms with Crippen molar-refractivity contribution in [3.8, 4) is 11.1 Å². The summed E-state index contributed by atoms with van der Waals surface area (Å²) < 4.78 is 7.39. The van der Waals surface area contributed by atoms with Gasteiger partial charge >= 0.3 is 12.1 Å². The van der Waals surface area contributed by atoms with E-state index in [1.165, 1.54) is 0 Å². The number of fused-ring (bicyclic) bond motifs is 4. The molecule has 34 heavy (non-hydrogen) atoms. The Morgan fingerprint density at radius 3 is 2.32 bits per heavy atom. The highest BCUT2D eigenvalue weighted by Gasteiger charge is 2.30. The lowest BCUT2D eigenvalue weighted by Crippen LogP contribution is -2.42. The molecule has 1 unspecified atom stereocenters. The molecule has 172 valence electrons. The summed E-state index contributed by atoms with van der Waals surface area (Å²) in [6.07, 6.45) is 1.19. The van der Waals surface area contributed by atoms with Gasteiger partial charge in [0.15, 0.2) is 0 Å². The fourth-order valence-electron chi connectivity index (χ4n) is 4.87. The van der Waals surface area contributed by atoms with Crippen LogP contribution in [0.15, 0.2) is 72.9 Å². The quantitative estimate of drug-likeness (QED) is 0.394. The Bertz CT molecular complexity index is 1370. The number of aryl methyl sites for hydroxylation is 1. The van der Waals surface area contributed by atoms with Crippen molar-refractivity contribution in [3.05, 3.63) is 94.6 Å². The molecule has 0 fully saturated rings. The molecule has 1 atom stereocenters. The van der Waals surface area contributed by atoms with Gasteiger partial charge in [-0.05, 0) is 33.9 Å². The number of carbonyl (C=O) groups excluding carboxylic acids is 1. The van der Waals surface area contributed by atoms with Gasteiger partial charge in [-0.25, -0.2) is 9.59 Å². The topological polar surface area (TPSA) is 80.6 Å². The molecule has 1 aliphatic rings. The highest BCUT2D eigenvalue weighted by molar-refractivity contribution is 6.35. The van der Waals surface area contributed by atoms with Gasteiger partial charge in [0, 0.05) is 31.0 Å². The number of nitrogens with one attached hydrogen (secondary N) is 1. The fourth-order valence-corrected chi connectivity index (χ4v) is 5.17. The summed E-state index contributed by atoms with van der Waals surface area (Å²) in [6, 6.07) is 20.5. The lowest BCUT2D eigenvalue weighted by molar-refractivity contribution is -0.139. The van der Waals surface area contributed by atoms with Gasteiger partial charge in [0.2, 0.25) is 0 Å². The van der Waals surface area contributed by atoms with Crippen LogP contribution in [0.4, 0.5) is 4.79 Å². The van der Waals surface area contributed by atoms with E-state index >= 15 is 0 Å². The normalized spacial score (nSPS) is 13.4. The Kier molecular flexibility index (Phi) is 5.75. The second kappa shape index (κ2) is 8.88. The smallest absolute Gasteiger partial charge is 0.407 e. The van der Waals surface area contributed by atoms with Crippen molar-refractivity contribution in [3.63, 3.8) is 0 Å². The highest BCUT2D eigenvalue weighted by atomic mass is 35.5. The molecule has 0 saturated heterocycles. The second-order valence-corrected chi connectivity index (χ2v) is 8.87. The number of ether oxygens (including phenoxy) is 1. The maximum Gasteiger partial charge on any atom is 0.407 e. The average molecular weight is 475 g/mol. The number of carbonyl (C=O) groups is 2. The molecule has 0 spiro atoms. The third-order valence-electron chi connectivity index (χ3n) is 6.39. The number of rotatable bonds is 6. The number of amides is 1. The maximum absolute atomic E-state index is 12.6. The van der Waals surface area contributed by atoms with Crippen LogP contribution < -0.4 is 5.32 Å². The minimum absolute atomic E-state index is 0.0957. The van der Waals surface area contributed by atoms with Crippen molar-refractivity contribution < 1.29 is 19.4 Å². The molecule has 2 N–H and O–H groups in total. The van der Waals surface area contributed by atoms with Gasteiger partial charge < -0.3 is 19.7 Å². The van der Waals surface area contributed by atoms with Crippen LogP contribution in [0, 0.1) is 0 Å². The van der Waals surface area contributed by atoms with Gasteiger partial charge in [-0.15, -0.1) is 0 Å². The van der Waals surface area contributed by atoms with Crippen molar-refractivity contribution in [2.45, 2.75) is 18.4 Å². The van der Waals surface area contributed by atoms with E-state index in [4.69, 9.17) is 16.3 Å². The van der Waals surface area contributed by atoms with Crippen LogP contribution in [0.3, 0.4) is 0 Å². The van der Waals surface area contributed by atoms with Crippen LogP contribution in [-0.4, -0.2) is 34.4 Å². The number of aliphatic carboxylic acids is 1. The summed E-state index contributed by atoms with van der Waals surface area (Å²) in [5, 5.41) is 13.7. The molecule has 1 aliphatic carbocycles. The number of hydrogen-bond acceptors (Lipinski definition) is 3. The number of halogens is 1. The summed E-state index contributed by atoms with van der Waals surface area (Å²) in [6.45, 7) is 0.121. The van der Waals surface area contributed by atoms with E-state index in [0.717, 1.165) is 38.7 Å². The first-order valence-electron chi connectivity index (χ1n) is 11.0. The van der Waals surface area contributed by atoms with Gasteiger partial charge in [0.25, 0.3) is 0 Å². The molecule has 1 aromatic heterocycles. The van der Waals surface area contributed by atoms with Crippen LogP contribution in [0.5, 0.6) is 0 Å². The van der Waals surface area contributed by atoms with Gasteiger partial charge in [-0.1, -0.05) is 72.3 Å². The van der Waals surface area contributed by atoms with Crippen LogP contribution in [0.25, 0.3) is 22.0 Å². The number of carboxylic acids is 1. The molecule has 0 saturated carbocycles. The van der Waals surface area contributed by atoms with Crippen molar-refractivity contribution in [2.75, 3.05) is 6.61 Å². The van der Waals surface area contributed by atoms with E-state index in [1.54, 1.807) is 6.07 Å². The van der Waals surface area contributed by atoms with E-state index in [1.807, 2.05) is 66.3 Å². The van der Waals surface area contributed by atoms with Crippen molar-refractivity contribution in [1.82, 2.24) is 9.88 Å². The number of carboxylic acid groups (broad SMARTS) is 1. The molecule has 3 aromatic carbocycles. The van der Waals surface area contributed by atoms with Gasteiger partial charge in [-0.3, -0.25) is 0 Å². The lowest BCUT2D eigenvalue weighted by Gasteiger charge is -2.17. The third-order valence-corrected chi connectivity index (χ3v) is 6.70. The van der Waals surface area contributed by atoms with E-state index in [-0.39, 0.29) is 18.9 Å². The zero-order valence-corrected chi connectivity index (χ0v) is 19.3. The van der Waals surface area contributed by atoms with E-state index in [2.05, 4.69) is 17.4 Å². The number of aromatic nitrogens is 1. The lowest BCUT2D eigenvalue weighted by atomic mass is 9.98. The molecule has 5 rings (SSSR count). The van der Waals surface area contributed by atoms with Crippen LogP contribution in [0.1, 0.15) is 22.6 Å². The number of hydrogen-bond donors (Lipinski definition) is 2. The molecule has 0 bridgehead atoms. The molecular weight excluding hydrogens is 452 g/mol. The molecule has 7 heteroatoms. The molecule has 6 nitrogen and oxygen atoms in total. The summed E-state index contributed by atoms with van der Waals surface area (Å²) in [5.41, 5.74) is 6.06. The van der Waals surface area contributed by atoms with E-state index in [0.29, 0.717) is 5.02 Å². The van der Waals surface area contributed by atoms with Gasteiger partial charge in [0.05, 0.1) is 10.5 Å². The first-order valence-corrected chi connectivity index (χ1v) is 11.4. The molecule has 4 aromatic rings. The molecule has 0 aliphatic heterocycles. The monoisotopic (exact) mass is 474 g/mol. The zero-order chi connectivity index (χ0) is 23.8. The Morgan fingerprint density at radius 1 is 1.03 bits per heavy atom. The van der Waals surface area contributed by atoms with Gasteiger partial charge in [-0.2, -0.15) is 0 Å².